The lowest BCUT2D eigenvalue weighted by molar-refractivity contribution is -0.0366. The summed E-state index contributed by atoms with van der Waals surface area (Å²) in [6, 6.07) is 4.06. The third kappa shape index (κ3) is 1.94. The van der Waals surface area contributed by atoms with E-state index in [-0.39, 0.29) is 6.23 Å². The minimum atomic E-state index is 0.0695. The largest absolute Gasteiger partial charge is 0.356 e. The monoisotopic (exact) mass is 250 g/mol. The van der Waals surface area contributed by atoms with Crippen molar-refractivity contribution in [2.24, 2.45) is 0 Å². The highest BCUT2D eigenvalue weighted by Crippen LogP contribution is 2.29. The Morgan fingerprint density at radius 1 is 1.41 bits per heavy atom. The van der Waals surface area contributed by atoms with Gasteiger partial charge in [0.2, 0.25) is 0 Å². The Balaban J connectivity index is 2.07. The summed E-state index contributed by atoms with van der Waals surface area (Å²) in [5, 5.41) is 6.35. The number of nitrogens with zero attached hydrogens (tertiary/aromatic N) is 2. The summed E-state index contributed by atoms with van der Waals surface area (Å²) in [6.07, 6.45) is 5.33. The average Bonchev–Trinajstić information content (AvgIpc) is 2.74. The Morgan fingerprint density at radius 3 is 3.06 bits per heavy atom. The van der Waals surface area contributed by atoms with E-state index in [1.807, 2.05) is 23.9 Å². The maximum Gasteiger partial charge on any atom is 0.150 e. The second kappa shape index (κ2) is 4.31. The predicted molar refractivity (Wildman–Crippen MR) is 68.3 cm³/mol. The van der Waals surface area contributed by atoms with Crippen LogP contribution >= 0.6 is 11.6 Å². The van der Waals surface area contributed by atoms with E-state index < -0.39 is 0 Å². The topological polar surface area (TPSA) is 27.1 Å². The molecule has 3 rings (SSSR count). The van der Waals surface area contributed by atoms with Crippen LogP contribution in [0.3, 0.4) is 0 Å². The van der Waals surface area contributed by atoms with Gasteiger partial charge in [-0.15, -0.1) is 0 Å². The molecule has 2 heterocycles. The standard InChI is InChI=1S/C13H15ClN2O/c1-9-6-10-8-15-16(12(10)7-11(9)14)13-4-2-3-5-17-13/h6-8,13H,2-5H2,1H3. The summed E-state index contributed by atoms with van der Waals surface area (Å²) in [4.78, 5) is 0. The number of fused-ring (bicyclic) bond motifs is 1. The van der Waals surface area contributed by atoms with Crippen molar-refractivity contribution in [2.75, 3.05) is 6.61 Å². The number of hydrogen-bond acceptors (Lipinski definition) is 2. The molecule has 17 heavy (non-hydrogen) atoms. The third-order valence-corrected chi connectivity index (χ3v) is 3.71. The maximum absolute atomic E-state index is 6.17. The first-order valence-electron chi connectivity index (χ1n) is 6.00. The molecule has 0 bridgehead atoms. The number of rotatable bonds is 1. The van der Waals surface area contributed by atoms with Crippen molar-refractivity contribution in [2.45, 2.75) is 32.4 Å². The van der Waals surface area contributed by atoms with Crippen molar-refractivity contribution in [1.82, 2.24) is 9.78 Å². The Bertz CT molecular complexity index is 544. The highest BCUT2D eigenvalue weighted by molar-refractivity contribution is 6.32. The van der Waals surface area contributed by atoms with Crippen molar-refractivity contribution in [3.63, 3.8) is 0 Å². The van der Waals surface area contributed by atoms with Crippen molar-refractivity contribution >= 4 is 22.5 Å². The molecule has 3 nitrogen and oxygen atoms in total. The van der Waals surface area contributed by atoms with Crippen molar-refractivity contribution in [3.05, 3.63) is 28.9 Å². The zero-order valence-corrected chi connectivity index (χ0v) is 10.6. The molecule has 1 atom stereocenters. The molecule has 0 aliphatic carbocycles. The Labute approximate surface area is 105 Å². The van der Waals surface area contributed by atoms with E-state index in [2.05, 4.69) is 11.2 Å². The average molecular weight is 251 g/mol. The second-order valence-corrected chi connectivity index (χ2v) is 4.98. The van der Waals surface area contributed by atoms with Crippen LogP contribution in [0.15, 0.2) is 18.3 Å². The van der Waals surface area contributed by atoms with Gasteiger partial charge in [0.25, 0.3) is 0 Å². The molecular weight excluding hydrogens is 236 g/mol. The van der Waals surface area contributed by atoms with E-state index in [0.29, 0.717) is 0 Å². The first-order valence-corrected chi connectivity index (χ1v) is 6.38. The SMILES string of the molecule is Cc1cc2cnn(C3CCCCO3)c2cc1Cl. The summed E-state index contributed by atoms with van der Waals surface area (Å²) in [5.74, 6) is 0. The normalized spacial score (nSPS) is 20.9. The molecule has 1 aromatic carbocycles. The molecule has 1 aliphatic rings. The molecule has 0 spiro atoms. The van der Waals surface area contributed by atoms with E-state index in [1.165, 1.54) is 6.42 Å². The summed E-state index contributed by atoms with van der Waals surface area (Å²) in [5.41, 5.74) is 2.15. The van der Waals surface area contributed by atoms with Crippen LogP contribution in [0.5, 0.6) is 0 Å². The zero-order chi connectivity index (χ0) is 11.8. The molecule has 1 unspecified atom stereocenters. The number of aryl methyl sites for hydroxylation is 1. The van der Waals surface area contributed by atoms with Crippen LogP contribution in [0.2, 0.25) is 5.02 Å². The number of halogens is 1. The predicted octanol–water partition coefficient (Wildman–Crippen LogP) is 3.70. The smallest absolute Gasteiger partial charge is 0.150 e. The van der Waals surface area contributed by atoms with Crippen molar-refractivity contribution < 1.29 is 4.74 Å². The summed E-state index contributed by atoms with van der Waals surface area (Å²) in [7, 11) is 0. The van der Waals surface area contributed by atoms with Crippen molar-refractivity contribution in [1.29, 1.82) is 0 Å². The molecular formula is C13H15ClN2O. The molecule has 1 aliphatic heterocycles. The molecule has 2 aromatic rings. The fraction of sp³-hybridized carbons (Fsp3) is 0.462. The summed E-state index contributed by atoms with van der Waals surface area (Å²) < 4.78 is 7.72. The van der Waals surface area contributed by atoms with E-state index >= 15 is 0 Å². The van der Waals surface area contributed by atoms with Gasteiger partial charge in [-0.1, -0.05) is 11.6 Å². The number of ether oxygens (including phenoxy) is 1. The van der Waals surface area contributed by atoms with Crippen LogP contribution in [-0.4, -0.2) is 16.4 Å². The number of benzene rings is 1. The van der Waals surface area contributed by atoms with Gasteiger partial charge in [0.05, 0.1) is 11.7 Å². The van der Waals surface area contributed by atoms with Gasteiger partial charge in [-0.25, -0.2) is 4.68 Å². The van der Waals surface area contributed by atoms with Crippen LogP contribution in [0.1, 0.15) is 31.1 Å². The minimum absolute atomic E-state index is 0.0695. The van der Waals surface area contributed by atoms with E-state index in [1.54, 1.807) is 0 Å². The fourth-order valence-corrected chi connectivity index (χ4v) is 2.49. The van der Waals surface area contributed by atoms with E-state index in [0.717, 1.165) is 40.9 Å². The summed E-state index contributed by atoms with van der Waals surface area (Å²) in [6.45, 7) is 2.84. The van der Waals surface area contributed by atoms with Crippen molar-refractivity contribution in [3.8, 4) is 0 Å². The van der Waals surface area contributed by atoms with Crippen LogP contribution in [0, 0.1) is 6.92 Å². The third-order valence-electron chi connectivity index (χ3n) is 3.30. The molecule has 1 fully saturated rings. The maximum atomic E-state index is 6.17. The van der Waals surface area contributed by atoms with Crippen LogP contribution in [0.4, 0.5) is 0 Å². The first-order chi connectivity index (χ1) is 8.25. The highest BCUT2D eigenvalue weighted by Gasteiger charge is 2.18. The Morgan fingerprint density at radius 2 is 2.29 bits per heavy atom. The molecule has 4 heteroatoms. The van der Waals surface area contributed by atoms with Gasteiger partial charge >= 0.3 is 0 Å². The van der Waals surface area contributed by atoms with Gasteiger partial charge in [-0.2, -0.15) is 5.10 Å². The summed E-state index contributed by atoms with van der Waals surface area (Å²) >= 11 is 6.17. The lowest BCUT2D eigenvalue weighted by Gasteiger charge is -2.23. The molecule has 0 saturated carbocycles. The lowest BCUT2D eigenvalue weighted by atomic mass is 10.1. The fourth-order valence-electron chi connectivity index (χ4n) is 2.33. The lowest BCUT2D eigenvalue weighted by Crippen LogP contribution is -2.18. The van der Waals surface area contributed by atoms with Crippen LogP contribution in [-0.2, 0) is 4.74 Å². The minimum Gasteiger partial charge on any atom is -0.356 e. The quantitative estimate of drug-likeness (QED) is 0.772. The molecule has 90 valence electrons. The van der Waals surface area contributed by atoms with E-state index in [4.69, 9.17) is 16.3 Å². The Hall–Kier alpha value is -1.06. The molecule has 1 aromatic heterocycles. The van der Waals surface area contributed by atoms with Crippen LogP contribution < -0.4 is 0 Å². The van der Waals surface area contributed by atoms with Gasteiger partial charge < -0.3 is 4.74 Å². The van der Waals surface area contributed by atoms with Gasteiger partial charge in [0, 0.05) is 17.0 Å². The molecule has 0 radical (unpaired) electrons. The van der Waals surface area contributed by atoms with Gasteiger partial charge in [0.15, 0.2) is 6.23 Å². The van der Waals surface area contributed by atoms with Gasteiger partial charge in [-0.05, 0) is 43.9 Å². The zero-order valence-electron chi connectivity index (χ0n) is 9.82. The van der Waals surface area contributed by atoms with Crippen LogP contribution in [0.25, 0.3) is 10.9 Å². The van der Waals surface area contributed by atoms with Gasteiger partial charge in [0.1, 0.15) is 0 Å². The highest BCUT2D eigenvalue weighted by atomic mass is 35.5. The number of hydrogen-bond donors (Lipinski definition) is 0. The Kier molecular flexibility index (Phi) is 2.81. The first kappa shape index (κ1) is 11.1. The number of aromatic nitrogens is 2. The van der Waals surface area contributed by atoms with E-state index in [9.17, 15) is 0 Å². The molecule has 0 amide bonds. The van der Waals surface area contributed by atoms with Gasteiger partial charge in [-0.3, -0.25) is 0 Å². The molecule has 0 N–H and O–H groups in total. The second-order valence-electron chi connectivity index (χ2n) is 4.57. The molecule has 1 saturated heterocycles.